The molecule has 102 valence electrons. The largest absolute Gasteiger partial charge is 0.316 e. The number of piperidine rings is 1. The second-order valence-corrected chi connectivity index (χ2v) is 7.89. The van der Waals surface area contributed by atoms with Gasteiger partial charge in [-0.1, -0.05) is 13.3 Å². The smallest absolute Gasteiger partial charge is 0.0701 e. The molecule has 1 atom stereocenters. The fourth-order valence-corrected chi connectivity index (χ4v) is 4.36. The number of thiophene rings is 1. The lowest BCUT2D eigenvalue weighted by atomic mass is 9.77. The molecule has 2 heterocycles. The third-order valence-corrected chi connectivity index (χ3v) is 5.39. The fraction of sp³-hybridized carbons (Fsp3) is 0.714. The van der Waals surface area contributed by atoms with Gasteiger partial charge in [0.15, 0.2) is 0 Å². The Labute approximate surface area is 123 Å². The minimum absolute atomic E-state index is 0.488. The summed E-state index contributed by atoms with van der Waals surface area (Å²) in [6.07, 6.45) is 5.32. The summed E-state index contributed by atoms with van der Waals surface area (Å²) in [5.74, 6) is 0. The van der Waals surface area contributed by atoms with Gasteiger partial charge in [-0.2, -0.15) is 0 Å². The van der Waals surface area contributed by atoms with E-state index in [9.17, 15) is 0 Å². The predicted molar refractivity (Wildman–Crippen MR) is 83.2 cm³/mol. The summed E-state index contributed by atoms with van der Waals surface area (Å²) in [6.45, 7) is 6.82. The van der Waals surface area contributed by atoms with Crippen molar-refractivity contribution in [3.05, 3.63) is 20.8 Å². The molecule has 1 aliphatic heterocycles. The average molecular weight is 331 g/mol. The molecule has 0 aromatic carbocycles. The van der Waals surface area contributed by atoms with Crippen LogP contribution < -0.4 is 10.6 Å². The molecular weight excluding hydrogens is 308 g/mol. The number of rotatable bonds is 6. The van der Waals surface area contributed by atoms with Gasteiger partial charge in [-0.05, 0) is 59.3 Å². The van der Waals surface area contributed by atoms with Crippen LogP contribution in [-0.2, 0) is 6.54 Å². The van der Waals surface area contributed by atoms with Gasteiger partial charge in [-0.25, -0.2) is 0 Å². The summed E-state index contributed by atoms with van der Waals surface area (Å²) < 4.78 is 1.22. The summed E-state index contributed by atoms with van der Waals surface area (Å²) in [5, 5.41) is 7.23. The minimum atomic E-state index is 0.488. The molecule has 0 saturated carbocycles. The molecule has 4 heteroatoms. The summed E-state index contributed by atoms with van der Waals surface area (Å²) in [7, 11) is 0. The maximum atomic E-state index is 3.66. The highest BCUT2D eigenvalue weighted by Gasteiger charge is 2.30. The van der Waals surface area contributed by atoms with Gasteiger partial charge in [-0.15, -0.1) is 11.3 Å². The lowest BCUT2D eigenvalue weighted by Gasteiger charge is -2.38. The molecule has 2 N–H and O–H groups in total. The first-order valence-corrected chi connectivity index (χ1v) is 8.51. The van der Waals surface area contributed by atoms with E-state index in [0.717, 1.165) is 13.1 Å². The van der Waals surface area contributed by atoms with Gasteiger partial charge in [-0.3, -0.25) is 0 Å². The first kappa shape index (κ1) is 14.5. The Morgan fingerprint density at radius 3 is 3.00 bits per heavy atom. The summed E-state index contributed by atoms with van der Waals surface area (Å²) in [5.41, 5.74) is 0.488. The maximum absolute atomic E-state index is 3.66. The topological polar surface area (TPSA) is 24.1 Å². The molecule has 0 aliphatic carbocycles. The molecule has 1 fully saturated rings. The Hall–Kier alpha value is 0.1000. The Morgan fingerprint density at radius 2 is 2.39 bits per heavy atom. The van der Waals surface area contributed by atoms with Crippen LogP contribution in [0.15, 0.2) is 15.9 Å². The molecule has 2 nitrogen and oxygen atoms in total. The standard InChI is InChI=1S/C14H23BrN2S/c1-2-6-14(7-3-8-16-10-14)11-17-9-12-4-5-13(15)18-12/h4-5,16-17H,2-3,6-11H2,1H3. The molecule has 0 amide bonds. The highest BCUT2D eigenvalue weighted by molar-refractivity contribution is 9.11. The van der Waals surface area contributed by atoms with E-state index >= 15 is 0 Å². The van der Waals surface area contributed by atoms with Gasteiger partial charge in [0.2, 0.25) is 0 Å². The Morgan fingerprint density at radius 1 is 1.50 bits per heavy atom. The van der Waals surface area contributed by atoms with E-state index in [1.165, 1.54) is 47.4 Å². The van der Waals surface area contributed by atoms with Crippen LogP contribution in [0.2, 0.25) is 0 Å². The van der Waals surface area contributed by atoms with Crippen LogP contribution in [0.3, 0.4) is 0 Å². The van der Waals surface area contributed by atoms with Crippen molar-refractivity contribution in [1.29, 1.82) is 0 Å². The van der Waals surface area contributed by atoms with Crippen molar-refractivity contribution in [1.82, 2.24) is 10.6 Å². The van der Waals surface area contributed by atoms with Crippen LogP contribution in [-0.4, -0.2) is 19.6 Å². The van der Waals surface area contributed by atoms with E-state index in [-0.39, 0.29) is 0 Å². The Balaban J connectivity index is 1.82. The van der Waals surface area contributed by atoms with Gasteiger partial charge < -0.3 is 10.6 Å². The Kier molecular flexibility index (Phi) is 5.67. The highest BCUT2D eigenvalue weighted by Crippen LogP contribution is 2.31. The van der Waals surface area contributed by atoms with Gasteiger partial charge in [0.25, 0.3) is 0 Å². The van der Waals surface area contributed by atoms with E-state index in [1.54, 1.807) is 0 Å². The minimum Gasteiger partial charge on any atom is -0.316 e. The number of nitrogens with one attached hydrogen (secondary N) is 2. The molecule has 1 unspecified atom stereocenters. The van der Waals surface area contributed by atoms with Crippen LogP contribution in [0.1, 0.15) is 37.5 Å². The second kappa shape index (κ2) is 7.04. The maximum Gasteiger partial charge on any atom is 0.0701 e. The van der Waals surface area contributed by atoms with Crippen molar-refractivity contribution in [2.24, 2.45) is 5.41 Å². The van der Waals surface area contributed by atoms with Crippen molar-refractivity contribution >= 4 is 27.3 Å². The molecule has 18 heavy (non-hydrogen) atoms. The molecule has 0 radical (unpaired) electrons. The average Bonchev–Trinajstić information content (AvgIpc) is 2.77. The van der Waals surface area contributed by atoms with Crippen LogP contribution >= 0.6 is 27.3 Å². The van der Waals surface area contributed by atoms with Crippen LogP contribution in [0, 0.1) is 5.41 Å². The van der Waals surface area contributed by atoms with Gasteiger partial charge in [0.05, 0.1) is 3.79 Å². The first-order chi connectivity index (χ1) is 8.74. The quantitative estimate of drug-likeness (QED) is 0.829. The zero-order valence-corrected chi connectivity index (χ0v) is 13.5. The third-order valence-electron chi connectivity index (χ3n) is 3.77. The normalized spacial score (nSPS) is 24.3. The number of hydrogen-bond donors (Lipinski definition) is 2. The van der Waals surface area contributed by atoms with Gasteiger partial charge in [0.1, 0.15) is 0 Å². The lowest BCUT2D eigenvalue weighted by Crippen LogP contribution is -2.46. The van der Waals surface area contributed by atoms with Crippen molar-refractivity contribution in [2.45, 2.75) is 39.2 Å². The highest BCUT2D eigenvalue weighted by atomic mass is 79.9. The van der Waals surface area contributed by atoms with Gasteiger partial charge in [0, 0.05) is 24.5 Å². The first-order valence-electron chi connectivity index (χ1n) is 6.90. The Bertz CT molecular complexity index is 353. The SMILES string of the molecule is CCCC1(CNCc2ccc(Br)s2)CCCNC1. The van der Waals surface area contributed by atoms with E-state index < -0.39 is 0 Å². The molecule has 1 aromatic heterocycles. The summed E-state index contributed by atoms with van der Waals surface area (Å²) in [4.78, 5) is 1.41. The van der Waals surface area contributed by atoms with E-state index in [4.69, 9.17) is 0 Å². The van der Waals surface area contributed by atoms with Crippen LogP contribution in [0.25, 0.3) is 0 Å². The lowest BCUT2D eigenvalue weighted by molar-refractivity contribution is 0.182. The van der Waals surface area contributed by atoms with Crippen molar-refractivity contribution in [3.63, 3.8) is 0 Å². The van der Waals surface area contributed by atoms with Gasteiger partial charge >= 0.3 is 0 Å². The summed E-state index contributed by atoms with van der Waals surface area (Å²) >= 11 is 5.34. The van der Waals surface area contributed by atoms with E-state index in [1.807, 2.05) is 11.3 Å². The van der Waals surface area contributed by atoms with Crippen molar-refractivity contribution < 1.29 is 0 Å². The zero-order chi connectivity index (χ0) is 12.8. The summed E-state index contributed by atoms with van der Waals surface area (Å²) in [6, 6.07) is 4.33. The molecule has 1 aromatic rings. The molecule has 1 saturated heterocycles. The molecular formula is C14H23BrN2S. The number of halogens is 1. The second-order valence-electron chi connectivity index (χ2n) is 5.34. The molecule has 0 spiro atoms. The van der Waals surface area contributed by atoms with Crippen molar-refractivity contribution in [3.8, 4) is 0 Å². The number of hydrogen-bond acceptors (Lipinski definition) is 3. The third kappa shape index (κ3) is 4.05. The fourth-order valence-electron chi connectivity index (χ4n) is 2.91. The monoisotopic (exact) mass is 330 g/mol. The van der Waals surface area contributed by atoms with Crippen LogP contribution in [0.5, 0.6) is 0 Å². The van der Waals surface area contributed by atoms with Crippen molar-refractivity contribution in [2.75, 3.05) is 19.6 Å². The van der Waals surface area contributed by atoms with Crippen LogP contribution in [0.4, 0.5) is 0 Å². The molecule has 2 rings (SSSR count). The molecule has 0 bridgehead atoms. The molecule has 1 aliphatic rings. The van der Waals surface area contributed by atoms with E-state index in [2.05, 4.69) is 45.6 Å². The van der Waals surface area contributed by atoms with E-state index in [0.29, 0.717) is 5.41 Å². The predicted octanol–water partition coefficient (Wildman–Crippen LogP) is 3.77. The zero-order valence-electron chi connectivity index (χ0n) is 11.1.